The minimum absolute atomic E-state index is 0.0991. The van der Waals surface area contributed by atoms with Crippen LogP contribution >= 0.6 is 0 Å². The van der Waals surface area contributed by atoms with E-state index in [1.54, 1.807) is 0 Å². The van der Waals surface area contributed by atoms with Crippen molar-refractivity contribution in [3.8, 4) is 0 Å². The summed E-state index contributed by atoms with van der Waals surface area (Å²) in [6, 6.07) is 0. The first-order chi connectivity index (χ1) is 11.0. The summed E-state index contributed by atoms with van der Waals surface area (Å²) in [6.07, 6.45) is 8.13. The number of hydrogen-bond acceptors (Lipinski definition) is 3. The minimum atomic E-state index is -0.746. The first-order valence-electron chi connectivity index (χ1n) is 8.98. The molecule has 5 heteroatoms. The van der Waals surface area contributed by atoms with E-state index in [1.165, 1.54) is 0 Å². The Hall–Kier alpha value is -1.36. The molecule has 0 amide bonds. The molecule has 0 aromatic rings. The monoisotopic (exact) mass is 339 g/mol. The summed E-state index contributed by atoms with van der Waals surface area (Å²) in [5.41, 5.74) is 0.738. The quantitative estimate of drug-likeness (QED) is 0.414. The molecule has 0 bridgehead atoms. The van der Waals surface area contributed by atoms with Crippen LogP contribution in [0.2, 0.25) is 0 Å². The van der Waals surface area contributed by atoms with Gasteiger partial charge in [-0.2, -0.15) is 0 Å². The van der Waals surface area contributed by atoms with Gasteiger partial charge < -0.3 is 15.5 Å². The van der Waals surface area contributed by atoms with Crippen molar-refractivity contribution in [3.05, 3.63) is 11.6 Å². The van der Waals surface area contributed by atoms with Gasteiger partial charge in [0.15, 0.2) is 0 Å². The lowest BCUT2D eigenvalue weighted by atomic mass is 9.77. The number of nitrogens with one attached hydrogen (secondary N) is 1. The van der Waals surface area contributed by atoms with E-state index in [0.29, 0.717) is 12.8 Å². The zero-order valence-electron chi connectivity index (χ0n) is 15.5. The summed E-state index contributed by atoms with van der Waals surface area (Å²) in [5, 5.41) is 21.8. The van der Waals surface area contributed by atoms with Gasteiger partial charge in [0.25, 0.3) is 0 Å². The van der Waals surface area contributed by atoms with Crippen molar-refractivity contribution >= 4 is 11.9 Å². The summed E-state index contributed by atoms with van der Waals surface area (Å²) >= 11 is 0. The smallest absolute Gasteiger partial charge is 0.310 e. The maximum atomic E-state index is 11.7. The largest absolute Gasteiger partial charge is 0.481 e. The first kappa shape index (κ1) is 20.7. The minimum Gasteiger partial charge on any atom is -0.481 e. The molecule has 0 fully saturated rings. The number of aliphatic carboxylic acids is 2. The average molecular weight is 339 g/mol. The number of hydrogen-bond donors (Lipinski definition) is 3. The van der Waals surface area contributed by atoms with Gasteiger partial charge in [-0.3, -0.25) is 9.59 Å². The fraction of sp³-hybridized carbons (Fsp3) is 0.789. The Kier molecular flexibility index (Phi) is 7.46. The molecule has 0 aliphatic carbocycles. The van der Waals surface area contributed by atoms with Crippen LogP contribution in [-0.4, -0.2) is 33.2 Å². The van der Waals surface area contributed by atoms with Crippen LogP contribution in [0.15, 0.2) is 11.6 Å². The third-order valence-corrected chi connectivity index (χ3v) is 4.48. The molecule has 0 saturated heterocycles. The van der Waals surface area contributed by atoms with Crippen LogP contribution in [0.5, 0.6) is 0 Å². The summed E-state index contributed by atoms with van der Waals surface area (Å²) in [7, 11) is 0. The van der Waals surface area contributed by atoms with Crippen LogP contribution in [0.4, 0.5) is 0 Å². The summed E-state index contributed by atoms with van der Waals surface area (Å²) < 4.78 is 0. The van der Waals surface area contributed by atoms with Gasteiger partial charge in [-0.05, 0) is 47.0 Å². The zero-order chi connectivity index (χ0) is 18.4. The van der Waals surface area contributed by atoms with Gasteiger partial charge in [0.05, 0.1) is 5.92 Å². The second-order valence-electron chi connectivity index (χ2n) is 8.22. The molecule has 0 aromatic heterocycles. The van der Waals surface area contributed by atoms with E-state index in [4.69, 9.17) is 5.11 Å². The Bertz CT molecular complexity index is 480. The van der Waals surface area contributed by atoms with Crippen LogP contribution in [0.3, 0.4) is 0 Å². The Balaban J connectivity index is 2.51. The van der Waals surface area contributed by atoms with E-state index in [2.05, 4.69) is 39.1 Å². The normalized spacial score (nSPS) is 20.2. The van der Waals surface area contributed by atoms with Gasteiger partial charge >= 0.3 is 11.9 Å². The van der Waals surface area contributed by atoms with Gasteiger partial charge in [-0.15, -0.1) is 0 Å². The lowest BCUT2D eigenvalue weighted by Gasteiger charge is -2.42. The van der Waals surface area contributed by atoms with Crippen molar-refractivity contribution < 1.29 is 19.8 Å². The van der Waals surface area contributed by atoms with E-state index in [0.717, 1.165) is 37.7 Å². The maximum absolute atomic E-state index is 11.7. The van der Waals surface area contributed by atoms with Crippen molar-refractivity contribution in [2.24, 2.45) is 5.92 Å². The molecule has 0 radical (unpaired) electrons. The van der Waals surface area contributed by atoms with E-state index in [-0.39, 0.29) is 17.5 Å². The molecule has 1 aliphatic rings. The molecule has 1 unspecified atom stereocenters. The third-order valence-electron chi connectivity index (χ3n) is 4.48. The van der Waals surface area contributed by atoms with E-state index in [1.807, 2.05) is 0 Å². The highest BCUT2D eigenvalue weighted by atomic mass is 16.4. The predicted octanol–water partition coefficient (Wildman–Crippen LogP) is 3.98. The summed E-state index contributed by atoms with van der Waals surface area (Å²) in [4.78, 5) is 22.2. The van der Waals surface area contributed by atoms with Gasteiger partial charge in [0.1, 0.15) is 0 Å². The molecule has 24 heavy (non-hydrogen) atoms. The van der Waals surface area contributed by atoms with Crippen LogP contribution in [0.1, 0.15) is 79.1 Å². The fourth-order valence-corrected chi connectivity index (χ4v) is 3.82. The van der Waals surface area contributed by atoms with Crippen molar-refractivity contribution in [3.63, 3.8) is 0 Å². The van der Waals surface area contributed by atoms with E-state index < -0.39 is 17.9 Å². The van der Waals surface area contributed by atoms with Crippen LogP contribution < -0.4 is 5.32 Å². The molecule has 0 aromatic carbocycles. The van der Waals surface area contributed by atoms with Crippen LogP contribution in [0.25, 0.3) is 0 Å². The van der Waals surface area contributed by atoms with E-state index >= 15 is 0 Å². The number of carbonyl (C=O) groups is 2. The molecule has 1 heterocycles. The molecular weight excluding hydrogens is 306 g/mol. The second kappa shape index (κ2) is 8.65. The maximum Gasteiger partial charge on any atom is 0.310 e. The highest BCUT2D eigenvalue weighted by molar-refractivity contribution is 5.73. The molecule has 1 aliphatic heterocycles. The van der Waals surface area contributed by atoms with Crippen molar-refractivity contribution in [1.82, 2.24) is 5.32 Å². The van der Waals surface area contributed by atoms with Gasteiger partial charge in [0.2, 0.25) is 0 Å². The standard InChI is InChI=1S/C19H33NO4/c1-18(2)12-14(13-19(3,4)20-18)15(17(23)24)10-8-6-5-7-9-11-16(21)22/h12,15,20H,5-11,13H2,1-4H3,(H,21,22)(H,23,24). The molecule has 3 N–H and O–H groups in total. The Morgan fingerprint density at radius 2 is 1.67 bits per heavy atom. The zero-order valence-corrected chi connectivity index (χ0v) is 15.5. The van der Waals surface area contributed by atoms with Crippen LogP contribution in [-0.2, 0) is 9.59 Å². The molecular formula is C19H33NO4. The second-order valence-corrected chi connectivity index (χ2v) is 8.22. The molecule has 5 nitrogen and oxygen atoms in total. The Morgan fingerprint density at radius 3 is 2.21 bits per heavy atom. The number of rotatable bonds is 10. The van der Waals surface area contributed by atoms with Crippen molar-refractivity contribution in [2.75, 3.05) is 0 Å². The first-order valence-corrected chi connectivity index (χ1v) is 8.98. The Morgan fingerprint density at radius 1 is 1.08 bits per heavy atom. The van der Waals surface area contributed by atoms with Crippen molar-refractivity contribution in [1.29, 1.82) is 0 Å². The highest BCUT2D eigenvalue weighted by Gasteiger charge is 2.36. The van der Waals surface area contributed by atoms with Gasteiger partial charge in [0, 0.05) is 17.5 Å². The van der Waals surface area contributed by atoms with Gasteiger partial charge in [-0.1, -0.05) is 37.3 Å². The topological polar surface area (TPSA) is 86.6 Å². The number of carboxylic acids is 2. The number of carboxylic acid groups (broad SMARTS) is 2. The molecule has 0 saturated carbocycles. The molecule has 1 atom stereocenters. The summed E-state index contributed by atoms with van der Waals surface area (Å²) in [5.74, 6) is -1.89. The molecule has 0 spiro atoms. The SMILES string of the molecule is CC1(C)C=C(C(CCCCCCCC(=O)O)C(=O)O)CC(C)(C)N1. The average Bonchev–Trinajstić information content (AvgIpc) is 2.37. The Labute approximate surface area is 145 Å². The molecule has 138 valence electrons. The number of unbranched alkanes of at least 4 members (excludes halogenated alkanes) is 4. The molecule has 1 rings (SSSR count). The lowest BCUT2D eigenvalue weighted by Crippen LogP contribution is -2.54. The third kappa shape index (κ3) is 7.47. The predicted molar refractivity (Wildman–Crippen MR) is 95.1 cm³/mol. The summed E-state index contributed by atoms with van der Waals surface area (Å²) in [6.45, 7) is 8.39. The van der Waals surface area contributed by atoms with Crippen LogP contribution in [0, 0.1) is 5.92 Å². The lowest BCUT2D eigenvalue weighted by molar-refractivity contribution is -0.141. The van der Waals surface area contributed by atoms with Gasteiger partial charge in [-0.25, -0.2) is 0 Å². The van der Waals surface area contributed by atoms with Crippen molar-refractivity contribution in [2.45, 2.75) is 90.1 Å². The van der Waals surface area contributed by atoms with E-state index in [9.17, 15) is 14.7 Å². The fourth-order valence-electron chi connectivity index (χ4n) is 3.82. The highest BCUT2D eigenvalue weighted by Crippen LogP contribution is 2.34.